The molecule has 0 aromatic rings. The monoisotopic (exact) mass is 269 g/mol. The van der Waals surface area contributed by atoms with Crippen molar-refractivity contribution in [3.05, 3.63) is 0 Å². The molecule has 1 fully saturated rings. The summed E-state index contributed by atoms with van der Waals surface area (Å²) < 4.78 is 4.85. The minimum absolute atomic E-state index is 0.159. The molecular formula is C14H27N3O2. The van der Waals surface area contributed by atoms with Gasteiger partial charge in [-0.05, 0) is 26.2 Å². The Balaban J connectivity index is 2.15. The lowest BCUT2D eigenvalue weighted by atomic mass is 10.1. The third-order valence-electron chi connectivity index (χ3n) is 3.33. The van der Waals surface area contributed by atoms with Gasteiger partial charge in [-0.2, -0.15) is 0 Å². The molecule has 1 aliphatic carbocycles. The van der Waals surface area contributed by atoms with Gasteiger partial charge >= 0.3 is 5.97 Å². The van der Waals surface area contributed by atoms with Crippen LogP contribution in [0.3, 0.4) is 0 Å². The van der Waals surface area contributed by atoms with Crippen molar-refractivity contribution < 1.29 is 9.53 Å². The average molecular weight is 269 g/mol. The molecule has 0 spiro atoms. The second-order valence-corrected chi connectivity index (χ2v) is 5.01. The molecule has 1 rings (SSSR count). The Bertz CT molecular complexity index is 284. The molecule has 19 heavy (non-hydrogen) atoms. The summed E-state index contributed by atoms with van der Waals surface area (Å²) in [6.45, 7) is 2.82. The van der Waals surface area contributed by atoms with Gasteiger partial charge in [0.25, 0.3) is 0 Å². The molecule has 5 nitrogen and oxygen atoms in total. The first kappa shape index (κ1) is 15.8. The molecule has 0 heterocycles. The Labute approximate surface area is 116 Å². The summed E-state index contributed by atoms with van der Waals surface area (Å²) in [6, 6.07) is 0.469. The van der Waals surface area contributed by atoms with Crippen LogP contribution >= 0.6 is 0 Å². The quantitative estimate of drug-likeness (QED) is 0.254. The maximum Gasteiger partial charge on any atom is 0.305 e. The van der Waals surface area contributed by atoms with Crippen LogP contribution in [-0.2, 0) is 9.53 Å². The molecule has 1 aliphatic rings. The normalized spacial score (nSPS) is 17.8. The highest BCUT2D eigenvalue weighted by Crippen LogP contribution is 2.16. The summed E-state index contributed by atoms with van der Waals surface area (Å²) in [5, 5.41) is 3.28. The molecule has 0 aliphatic heterocycles. The number of hydrogen-bond acceptors (Lipinski definition) is 3. The molecule has 3 N–H and O–H groups in total. The second-order valence-electron chi connectivity index (χ2n) is 5.01. The van der Waals surface area contributed by atoms with Gasteiger partial charge in [-0.1, -0.05) is 25.7 Å². The van der Waals surface area contributed by atoms with Gasteiger partial charge in [0.1, 0.15) is 0 Å². The van der Waals surface area contributed by atoms with E-state index in [1.165, 1.54) is 38.5 Å². The highest BCUT2D eigenvalue weighted by atomic mass is 16.5. The van der Waals surface area contributed by atoms with E-state index in [9.17, 15) is 4.79 Å². The van der Waals surface area contributed by atoms with Crippen molar-refractivity contribution in [1.82, 2.24) is 5.32 Å². The minimum Gasteiger partial charge on any atom is -0.466 e. The fourth-order valence-electron chi connectivity index (χ4n) is 2.33. The fraction of sp³-hybridized carbons (Fsp3) is 0.857. The van der Waals surface area contributed by atoms with Gasteiger partial charge in [-0.25, -0.2) is 0 Å². The predicted octanol–water partition coefficient (Wildman–Crippen LogP) is 1.96. The molecule has 0 aromatic heterocycles. The van der Waals surface area contributed by atoms with Crippen LogP contribution < -0.4 is 11.1 Å². The van der Waals surface area contributed by atoms with Crippen LogP contribution in [0.2, 0.25) is 0 Å². The number of carbonyl (C=O) groups excluding carboxylic acids is 1. The molecule has 5 heteroatoms. The van der Waals surface area contributed by atoms with Crippen molar-refractivity contribution in [2.45, 2.75) is 64.3 Å². The van der Waals surface area contributed by atoms with Crippen LogP contribution in [0.25, 0.3) is 0 Å². The summed E-state index contributed by atoms with van der Waals surface area (Å²) in [6.07, 6.45) is 8.66. The third kappa shape index (κ3) is 7.70. The van der Waals surface area contributed by atoms with Gasteiger partial charge in [-0.15, -0.1) is 0 Å². The van der Waals surface area contributed by atoms with Crippen molar-refractivity contribution in [3.8, 4) is 0 Å². The Morgan fingerprint density at radius 1 is 1.32 bits per heavy atom. The highest BCUT2D eigenvalue weighted by Gasteiger charge is 2.12. The minimum atomic E-state index is -0.159. The molecule has 0 bridgehead atoms. The topological polar surface area (TPSA) is 76.7 Å². The van der Waals surface area contributed by atoms with Gasteiger partial charge in [0.2, 0.25) is 0 Å². The van der Waals surface area contributed by atoms with Crippen molar-refractivity contribution in [1.29, 1.82) is 0 Å². The number of nitrogens with one attached hydrogen (secondary N) is 1. The first-order valence-electron chi connectivity index (χ1n) is 7.44. The summed E-state index contributed by atoms with van der Waals surface area (Å²) in [7, 11) is 0. The SMILES string of the molecule is CCOC(=O)CCCN=C(N)NC1CCCCCC1. The predicted molar refractivity (Wildman–Crippen MR) is 77.0 cm³/mol. The van der Waals surface area contributed by atoms with Crippen LogP contribution in [0, 0.1) is 0 Å². The van der Waals surface area contributed by atoms with Gasteiger partial charge in [0.05, 0.1) is 6.61 Å². The Hall–Kier alpha value is -1.26. The zero-order chi connectivity index (χ0) is 13.9. The van der Waals surface area contributed by atoms with Crippen LogP contribution in [0.4, 0.5) is 0 Å². The number of nitrogens with two attached hydrogens (primary N) is 1. The number of guanidine groups is 1. The first-order valence-corrected chi connectivity index (χ1v) is 7.44. The first-order chi connectivity index (χ1) is 9.22. The van der Waals surface area contributed by atoms with Crippen molar-refractivity contribution in [2.24, 2.45) is 10.7 Å². The number of esters is 1. The van der Waals surface area contributed by atoms with Crippen molar-refractivity contribution in [3.63, 3.8) is 0 Å². The lowest BCUT2D eigenvalue weighted by Gasteiger charge is -2.16. The van der Waals surface area contributed by atoms with E-state index in [0.29, 0.717) is 38.0 Å². The molecule has 110 valence electrons. The van der Waals surface area contributed by atoms with E-state index in [-0.39, 0.29) is 5.97 Å². The zero-order valence-electron chi connectivity index (χ0n) is 12.0. The van der Waals surface area contributed by atoms with Crippen LogP contribution in [0.5, 0.6) is 0 Å². The molecule has 0 unspecified atom stereocenters. The largest absolute Gasteiger partial charge is 0.466 e. The smallest absolute Gasteiger partial charge is 0.305 e. The van der Waals surface area contributed by atoms with E-state index in [0.717, 1.165) is 0 Å². The molecule has 1 saturated carbocycles. The number of hydrogen-bond donors (Lipinski definition) is 2. The molecule has 0 atom stereocenters. The summed E-state index contributed by atoms with van der Waals surface area (Å²) >= 11 is 0. The van der Waals surface area contributed by atoms with Gasteiger partial charge < -0.3 is 15.8 Å². The number of rotatable bonds is 6. The van der Waals surface area contributed by atoms with Gasteiger partial charge in [0, 0.05) is 19.0 Å². The molecule has 0 radical (unpaired) electrons. The Kier molecular flexibility index (Phi) is 8.02. The third-order valence-corrected chi connectivity index (χ3v) is 3.33. The van der Waals surface area contributed by atoms with Crippen LogP contribution in [0.15, 0.2) is 4.99 Å². The van der Waals surface area contributed by atoms with E-state index in [4.69, 9.17) is 10.5 Å². The summed E-state index contributed by atoms with van der Waals surface area (Å²) in [4.78, 5) is 15.4. The second kappa shape index (κ2) is 9.64. The molecular weight excluding hydrogens is 242 g/mol. The lowest BCUT2D eigenvalue weighted by molar-refractivity contribution is -0.143. The van der Waals surface area contributed by atoms with E-state index < -0.39 is 0 Å². The van der Waals surface area contributed by atoms with E-state index >= 15 is 0 Å². The summed E-state index contributed by atoms with van der Waals surface area (Å²) in [5.74, 6) is 0.351. The van der Waals surface area contributed by atoms with Gasteiger partial charge in [-0.3, -0.25) is 9.79 Å². The lowest BCUT2D eigenvalue weighted by Crippen LogP contribution is -2.39. The van der Waals surface area contributed by atoms with Crippen LogP contribution in [-0.4, -0.2) is 31.1 Å². The van der Waals surface area contributed by atoms with Crippen LogP contribution in [0.1, 0.15) is 58.3 Å². The standard InChI is InChI=1S/C14H27N3O2/c1-2-19-13(18)10-7-11-16-14(15)17-12-8-5-3-4-6-9-12/h12H,2-11H2,1H3,(H3,15,16,17). The van der Waals surface area contributed by atoms with Crippen molar-refractivity contribution in [2.75, 3.05) is 13.2 Å². The molecule has 0 amide bonds. The summed E-state index contributed by atoms with van der Waals surface area (Å²) in [5.41, 5.74) is 5.85. The molecule has 0 saturated heterocycles. The zero-order valence-corrected chi connectivity index (χ0v) is 12.0. The van der Waals surface area contributed by atoms with E-state index in [2.05, 4.69) is 10.3 Å². The highest BCUT2D eigenvalue weighted by molar-refractivity contribution is 5.78. The van der Waals surface area contributed by atoms with Gasteiger partial charge in [0.15, 0.2) is 5.96 Å². The van der Waals surface area contributed by atoms with E-state index in [1.807, 2.05) is 6.92 Å². The Morgan fingerprint density at radius 3 is 2.63 bits per heavy atom. The average Bonchev–Trinajstić information content (AvgIpc) is 2.64. The number of nitrogens with zero attached hydrogens (tertiary/aromatic N) is 1. The van der Waals surface area contributed by atoms with E-state index in [1.54, 1.807) is 0 Å². The number of carbonyl (C=O) groups is 1. The number of aliphatic imine (C=N–C) groups is 1. The van der Waals surface area contributed by atoms with Crippen molar-refractivity contribution >= 4 is 11.9 Å². The number of ether oxygens (including phenoxy) is 1. The molecule has 0 aromatic carbocycles. The maximum absolute atomic E-state index is 11.1. The maximum atomic E-state index is 11.1. The fourth-order valence-corrected chi connectivity index (χ4v) is 2.33. The Morgan fingerprint density at radius 2 is 2.00 bits per heavy atom.